The van der Waals surface area contributed by atoms with E-state index in [1.165, 1.54) is 0 Å². The summed E-state index contributed by atoms with van der Waals surface area (Å²) in [5.41, 5.74) is 2.79. The van der Waals surface area contributed by atoms with Crippen LogP contribution in [-0.2, 0) is 0 Å². The van der Waals surface area contributed by atoms with Crippen LogP contribution in [0.15, 0.2) is 82.5 Å². The summed E-state index contributed by atoms with van der Waals surface area (Å²) in [6.45, 7) is 0. The van der Waals surface area contributed by atoms with Crippen LogP contribution < -0.4 is 10.1 Å². The summed E-state index contributed by atoms with van der Waals surface area (Å²) in [6, 6.07) is 21.4. The van der Waals surface area contributed by atoms with Crippen molar-refractivity contribution in [3.8, 4) is 5.75 Å². The first-order valence-electron chi connectivity index (χ1n) is 8.66. The van der Waals surface area contributed by atoms with Crippen LogP contribution in [0.1, 0.15) is 23.8 Å². The van der Waals surface area contributed by atoms with Gasteiger partial charge in [-0.25, -0.2) is 5.01 Å². The van der Waals surface area contributed by atoms with Crippen molar-refractivity contribution < 1.29 is 9.15 Å². The summed E-state index contributed by atoms with van der Waals surface area (Å²) in [6.07, 6.45) is 2.34. The van der Waals surface area contributed by atoms with E-state index in [0.29, 0.717) is 11.5 Å². The van der Waals surface area contributed by atoms with Gasteiger partial charge in [0.05, 0.1) is 19.1 Å². The van der Waals surface area contributed by atoms with E-state index in [9.17, 15) is 0 Å². The summed E-state index contributed by atoms with van der Waals surface area (Å²) in [5.74, 6) is 1.61. The number of hydrazone groups is 1. The van der Waals surface area contributed by atoms with Crippen LogP contribution in [0, 0.1) is 0 Å². The smallest absolute Gasteiger partial charge is 0.194 e. The lowest BCUT2D eigenvalue weighted by Crippen LogP contribution is -2.30. The second-order valence-electron chi connectivity index (χ2n) is 6.12. The van der Waals surface area contributed by atoms with Gasteiger partial charge in [-0.1, -0.05) is 30.3 Å². The first-order valence-corrected chi connectivity index (χ1v) is 9.06. The number of methoxy groups -OCH3 is 1. The third-order valence-electron chi connectivity index (χ3n) is 4.43. The van der Waals surface area contributed by atoms with E-state index in [1.807, 2.05) is 71.7 Å². The fourth-order valence-corrected chi connectivity index (χ4v) is 3.43. The Kier molecular flexibility index (Phi) is 4.89. The molecule has 0 radical (unpaired) electrons. The van der Waals surface area contributed by atoms with Crippen molar-refractivity contribution in [2.45, 2.75) is 12.5 Å². The summed E-state index contributed by atoms with van der Waals surface area (Å²) in [7, 11) is 1.66. The van der Waals surface area contributed by atoms with Crippen LogP contribution in [0.3, 0.4) is 0 Å². The molecular formula is C21H19N3O2S. The molecular weight excluding hydrogens is 358 g/mol. The van der Waals surface area contributed by atoms with Crippen molar-refractivity contribution in [2.24, 2.45) is 5.10 Å². The molecule has 0 unspecified atom stereocenters. The minimum Gasteiger partial charge on any atom is -0.496 e. The van der Waals surface area contributed by atoms with Gasteiger partial charge in [0.2, 0.25) is 0 Å². The molecule has 1 aliphatic heterocycles. The SMILES string of the molecule is COc1ccccc1C1=NN(C(=S)Nc2ccccc2)[C@H](c2ccco2)C1. The van der Waals surface area contributed by atoms with Gasteiger partial charge < -0.3 is 14.5 Å². The van der Waals surface area contributed by atoms with E-state index in [2.05, 4.69) is 5.32 Å². The normalized spacial score (nSPS) is 16.1. The average molecular weight is 377 g/mol. The number of nitrogens with zero attached hydrogens (tertiary/aromatic N) is 2. The van der Waals surface area contributed by atoms with E-state index in [1.54, 1.807) is 13.4 Å². The largest absolute Gasteiger partial charge is 0.496 e. The molecule has 2 heterocycles. The van der Waals surface area contributed by atoms with Crippen LogP contribution in [-0.4, -0.2) is 22.9 Å². The van der Waals surface area contributed by atoms with E-state index < -0.39 is 0 Å². The van der Waals surface area contributed by atoms with Crippen molar-refractivity contribution >= 4 is 28.7 Å². The average Bonchev–Trinajstić information content (AvgIpc) is 3.38. The van der Waals surface area contributed by atoms with Gasteiger partial charge in [-0.3, -0.25) is 0 Å². The van der Waals surface area contributed by atoms with Gasteiger partial charge in [0.15, 0.2) is 5.11 Å². The van der Waals surface area contributed by atoms with Crippen molar-refractivity contribution in [2.75, 3.05) is 12.4 Å². The topological polar surface area (TPSA) is 50.0 Å². The second kappa shape index (κ2) is 7.63. The third kappa shape index (κ3) is 3.57. The zero-order valence-corrected chi connectivity index (χ0v) is 15.6. The zero-order valence-electron chi connectivity index (χ0n) is 14.8. The highest BCUT2D eigenvalue weighted by molar-refractivity contribution is 7.80. The standard InChI is InChI=1S/C21H19N3O2S/c1-25-19-11-6-5-10-16(19)17-14-18(20-12-7-13-26-20)24(23-17)21(27)22-15-8-3-2-4-9-15/h2-13,18H,14H2,1H3,(H,22,27)/t18-/m0/s1. The van der Waals surface area contributed by atoms with Crippen LogP contribution in [0.2, 0.25) is 0 Å². The molecule has 6 heteroatoms. The number of rotatable bonds is 4. The molecule has 0 spiro atoms. The van der Waals surface area contributed by atoms with E-state index >= 15 is 0 Å². The summed E-state index contributed by atoms with van der Waals surface area (Å²) >= 11 is 5.65. The van der Waals surface area contributed by atoms with Crippen LogP contribution in [0.5, 0.6) is 5.75 Å². The molecule has 4 rings (SSSR count). The molecule has 0 fully saturated rings. The van der Waals surface area contributed by atoms with E-state index in [0.717, 1.165) is 28.5 Å². The molecule has 3 aromatic rings. The molecule has 0 bridgehead atoms. The molecule has 1 aromatic heterocycles. The quantitative estimate of drug-likeness (QED) is 0.660. The van der Waals surface area contributed by atoms with Gasteiger partial charge in [-0.2, -0.15) is 5.10 Å². The summed E-state index contributed by atoms with van der Waals surface area (Å²) in [5, 5.41) is 10.4. The number of hydrogen-bond donors (Lipinski definition) is 1. The molecule has 5 nitrogen and oxygen atoms in total. The Morgan fingerprint density at radius 1 is 1.11 bits per heavy atom. The van der Waals surface area contributed by atoms with Gasteiger partial charge in [0.1, 0.15) is 17.6 Å². The maximum absolute atomic E-state index is 5.66. The number of para-hydroxylation sites is 2. The predicted molar refractivity (Wildman–Crippen MR) is 110 cm³/mol. The van der Waals surface area contributed by atoms with Crippen LogP contribution in [0.4, 0.5) is 5.69 Å². The molecule has 1 atom stereocenters. The maximum atomic E-state index is 5.66. The molecule has 1 aliphatic rings. The molecule has 0 amide bonds. The second-order valence-corrected chi connectivity index (χ2v) is 6.51. The molecule has 27 heavy (non-hydrogen) atoms. The Balaban J connectivity index is 1.66. The first kappa shape index (κ1) is 17.3. The van der Waals surface area contributed by atoms with E-state index in [4.69, 9.17) is 26.5 Å². The minimum atomic E-state index is -0.108. The fourth-order valence-electron chi connectivity index (χ4n) is 3.15. The highest BCUT2D eigenvalue weighted by atomic mass is 32.1. The van der Waals surface area contributed by atoms with Crippen molar-refractivity contribution in [1.29, 1.82) is 0 Å². The van der Waals surface area contributed by atoms with Crippen molar-refractivity contribution in [3.05, 3.63) is 84.3 Å². The number of benzene rings is 2. The Labute approximate surface area is 163 Å². The molecule has 136 valence electrons. The number of nitrogens with one attached hydrogen (secondary N) is 1. The lowest BCUT2D eigenvalue weighted by Gasteiger charge is -2.23. The lowest BCUT2D eigenvalue weighted by molar-refractivity contribution is 0.317. The zero-order chi connectivity index (χ0) is 18.6. The van der Waals surface area contributed by atoms with Crippen molar-refractivity contribution in [3.63, 3.8) is 0 Å². The predicted octanol–water partition coefficient (Wildman–Crippen LogP) is 4.84. The molecule has 0 aliphatic carbocycles. The lowest BCUT2D eigenvalue weighted by atomic mass is 10.0. The molecule has 1 N–H and O–H groups in total. The highest BCUT2D eigenvalue weighted by Crippen LogP contribution is 2.35. The number of hydrogen-bond acceptors (Lipinski definition) is 4. The fraction of sp³-hybridized carbons (Fsp3) is 0.143. The maximum Gasteiger partial charge on any atom is 0.194 e. The Bertz CT molecular complexity index is 955. The van der Waals surface area contributed by atoms with Gasteiger partial charge in [-0.05, 0) is 48.6 Å². The molecule has 0 saturated carbocycles. The first-order chi connectivity index (χ1) is 13.3. The van der Waals surface area contributed by atoms with Crippen LogP contribution in [0.25, 0.3) is 0 Å². The number of ether oxygens (including phenoxy) is 1. The minimum absolute atomic E-state index is 0.108. The monoisotopic (exact) mass is 377 g/mol. The van der Waals surface area contributed by atoms with Gasteiger partial charge >= 0.3 is 0 Å². The number of furan rings is 1. The van der Waals surface area contributed by atoms with Gasteiger partial charge in [-0.15, -0.1) is 0 Å². The Morgan fingerprint density at radius 2 is 1.89 bits per heavy atom. The van der Waals surface area contributed by atoms with Gasteiger partial charge in [0.25, 0.3) is 0 Å². The van der Waals surface area contributed by atoms with E-state index in [-0.39, 0.29) is 6.04 Å². The van der Waals surface area contributed by atoms with Gasteiger partial charge in [0, 0.05) is 17.7 Å². The van der Waals surface area contributed by atoms with Crippen LogP contribution >= 0.6 is 12.2 Å². The summed E-state index contributed by atoms with van der Waals surface area (Å²) < 4.78 is 11.2. The Hall–Kier alpha value is -3.12. The third-order valence-corrected chi connectivity index (χ3v) is 4.72. The Morgan fingerprint density at radius 3 is 2.63 bits per heavy atom. The molecule has 0 saturated heterocycles. The molecule has 2 aromatic carbocycles. The summed E-state index contributed by atoms with van der Waals surface area (Å²) in [4.78, 5) is 0. The van der Waals surface area contributed by atoms with Crippen molar-refractivity contribution in [1.82, 2.24) is 5.01 Å². The number of thiocarbonyl (C=S) groups is 1. The number of anilines is 1. The highest BCUT2D eigenvalue weighted by Gasteiger charge is 2.34.